The molecule has 0 aliphatic carbocycles. The summed E-state index contributed by atoms with van der Waals surface area (Å²) in [5.41, 5.74) is 2.62. The summed E-state index contributed by atoms with van der Waals surface area (Å²) in [5.74, 6) is -1.51. The normalized spacial score (nSPS) is 12.8. The van der Waals surface area contributed by atoms with E-state index in [4.69, 9.17) is 4.74 Å². The summed E-state index contributed by atoms with van der Waals surface area (Å²) in [4.78, 5) is 45.1. The zero-order chi connectivity index (χ0) is 34.0. The van der Waals surface area contributed by atoms with Gasteiger partial charge >= 0.3 is 12.1 Å². The highest BCUT2D eigenvalue weighted by atomic mass is 19.4. The molecule has 0 bridgehead atoms. The molecule has 8 nitrogen and oxygen atoms in total. The molecule has 1 aliphatic rings. The summed E-state index contributed by atoms with van der Waals surface area (Å²) in [6, 6.07) is 19.6. The number of piperidine rings is 1. The van der Waals surface area contributed by atoms with Crippen molar-refractivity contribution in [1.29, 1.82) is 0 Å². The van der Waals surface area contributed by atoms with Gasteiger partial charge < -0.3 is 20.3 Å². The Kier molecular flexibility index (Phi) is 11.7. The van der Waals surface area contributed by atoms with E-state index in [9.17, 15) is 27.6 Å². The lowest BCUT2D eigenvalue weighted by Crippen LogP contribution is -2.29. The van der Waals surface area contributed by atoms with E-state index >= 15 is 0 Å². The number of pyridine rings is 1. The number of benzene rings is 3. The van der Waals surface area contributed by atoms with E-state index in [-0.39, 0.29) is 23.2 Å². The van der Waals surface area contributed by atoms with Crippen LogP contribution in [0, 0.1) is 0 Å². The van der Waals surface area contributed by atoms with Gasteiger partial charge in [0.25, 0.3) is 11.8 Å². The summed E-state index contributed by atoms with van der Waals surface area (Å²) in [7, 11) is 1.26. The molecule has 0 radical (unpaired) electrons. The Labute approximate surface area is 272 Å². The summed E-state index contributed by atoms with van der Waals surface area (Å²) >= 11 is 0. The average Bonchev–Trinajstić information content (AvgIpc) is 3.11. The van der Waals surface area contributed by atoms with Gasteiger partial charge in [-0.15, -0.1) is 0 Å². The maximum absolute atomic E-state index is 13.3. The molecular formula is C36H37F3N4O4. The van der Waals surface area contributed by atoms with Crippen LogP contribution in [0.5, 0.6) is 0 Å². The molecule has 0 atom stereocenters. The maximum Gasteiger partial charge on any atom is 0.416 e. The second-order valence-electron chi connectivity index (χ2n) is 10.6. The number of ether oxygens (including phenoxy) is 1. The number of alkyl halides is 3. The van der Waals surface area contributed by atoms with Crippen molar-refractivity contribution in [3.05, 3.63) is 113 Å². The van der Waals surface area contributed by atoms with E-state index in [1.165, 1.54) is 37.6 Å². The number of methoxy groups -OCH3 is 1. The summed E-state index contributed by atoms with van der Waals surface area (Å²) in [5, 5.41) is 5.58. The molecule has 1 fully saturated rings. The number of carbonyl (C=O) groups is 3. The second-order valence-corrected chi connectivity index (χ2v) is 10.6. The molecular weight excluding hydrogens is 609 g/mol. The van der Waals surface area contributed by atoms with Crippen LogP contribution in [0.15, 0.2) is 85.1 Å². The SMILES string of the molecule is CC.COC(=O)c1cccc(C(=O)Nc2ccc(N3CCCCC3)cc2-c2cc(C(=O)NCc3cccc(C(F)(F)F)c3)ccn2)c1. The van der Waals surface area contributed by atoms with Crippen molar-refractivity contribution < 1.29 is 32.3 Å². The van der Waals surface area contributed by atoms with Crippen LogP contribution in [0.25, 0.3) is 11.3 Å². The van der Waals surface area contributed by atoms with Gasteiger partial charge in [0.1, 0.15) is 0 Å². The second kappa shape index (κ2) is 15.9. The van der Waals surface area contributed by atoms with Crippen LogP contribution in [-0.2, 0) is 17.5 Å². The van der Waals surface area contributed by atoms with Gasteiger partial charge in [0.2, 0.25) is 0 Å². The molecule has 2 amide bonds. The Morgan fingerprint density at radius 3 is 2.26 bits per heavy atom. The minimum absolute atomic E-state index is 0.100. The minimum Gasteiger partial charge on any atom is -0.465 e. The van der Waals surface area contributed by atoms with E-state index in [2.05, 4.69) is 20.5 Å². The van der Waals surface area contributed by atoms with Crippen LogP contribution in [0.2, 0.25) is 0 Å². The number of hydrogen-bond acceptors (Lipinski definition) is 6. The molecule has 1 saturated heterocycles. The molecule has 1 aromatic heterocycles. The van der Waals surface area contributed by atoms with Crippen molar-refractivity contribution >= 4 is 29.2 Å². The Hall–Kier alpha value is -5.19. The number of hydrogen-bond donors (Lipinski definition) is 2. The number of aromatic nitrogens is 1. The fraction of sp³-hybridized carbons (Fsp3) is 0.278. The van der Waals surface area contributed by atoms with Gasteiger partial charge in [0, 0.05) is 48.2 Å². The van der Waals surface area contributed by atoms with Gasteiger partial charge in [-0.2, -0.15) is 13.2 Å². The van der Waals surface area contributed by atoms with Gasteiger partial charge in [-0.25, -0.2) is 4.79 Å². The fourth-order valence-corrected chi connectivity index (χ4v) is 5.16. The Morgan fingerprint density at radius 2 is 1.53 bits per heavy atom. The van der Waals surface area contributed by atoms with Crippen LogP contribution in [0.3, 0.4) is 0 Å². The smallest absolute Gasteiger partial charge is 0.416 e. The number of carbonyl (C=O) groups excluding carboxylic acids is 3. The maximum atomic E-state index is 13.3. The third-order valence-electron chi connectivity index (χ3n) is 7.52. The van der Waals surface area contributed by atoms with Crippen molar-refractivity contribution in [2.24, 2.45) is 0 Å². The molecule has 246 valence electrons. The molecule has 11 heteroatoms. The standard InChI is InChI=1S/C34H31F3N4O4.C2H6/c1-45-33(44)25-9-6-8-23(18-25)32(43)40-29-12-11-27(41-15-3-2-4-16-41)20-28(29)30-19-24(13-14-38-30)31(42)39-21-22-7-5-10-26(17-22)34(35,36)37;1-2/h5-14,17-20H,2-4,15-16,21H2,1H3,(H,39,42)(H,40,43);1-2H3. The molecule has 5 rings (SSSR count). The molecule has 2 N–H and O–H groups in total. The zero-order valence-corrected chi connectivity index (χ0v) is 26.5. The molecule has 2 heterocycles. The first-order valence-corrected chi connectivity index (χ1v) is 15.4. The predicted molar refractivity (Wildman–Crippen MR) is 175 cm³/mol. The number of nitrogens with zero attached hydrogens (tertiary/aromatic N) is 2. The van der Waals surface area contributed by atoms with Crippen LogP contribution in [0.4, 0.5) is 24.5 Å². The lowest BCUT2D eigenvalue weighted by molar-refractivity contribution is -0.137. The molecule has 3 aromatic carbocycles. The molecule has 4 aromatic rings. The first-order valence-electron chi connectivity index (χ1n) is 15.4. The fourth-order valence-electron chi connectivity index (χ4n) is 5.16. The summed E-state index contributed by atoms with van der Waals surface area (Å²) in [6.45, 7) is 5.67. The van der Waals surface area contributed by atoms with Crippen molar-refractivity contribution in [3.8, 4) is 11.3 Å². The van der Waals surface area contributed by atoms with Gasteiger partial charge in [0.15, 0.2) is 0 Å². The van der Waals surface area contributed by atoms with Crippen molar-refractivity contribution in [2.75, 3.05) is 30.4 Å². The average molecular weight is 647 g/mol. The Morgan fingerprint density at radius 1 is 0.830 bits per heavy atom. The van der Waals surface area contributed by atoms with Crippen molar-refractivity contribution in [2.45, 2.75) is 45.8 Å². The number of nitrogens with one attached hydrogen (secondary N) is 2. The highest BCUT2D eigenvalue weighted by Crippen LogP contribution is 2.33. The molecule has 0 spiro atoms. The first kappa shape index (κ1) is 34.7. The number of amides is 2. The van der Waals surface area contributed by atoms with E-state index < -0.39 is 29.5 Å². The zero-order valence-electron chi connectivity index (χ0n) is 26.5. The molecule has 47 heavy (non-hydrogen) atoms. The minimum atomic E-state index is -4.49. The number of rotatable bonds is 8. The third kappa shape index (κ3) is 8.96. The van der Waals surface area contributed by atoms with E-state index in [0.29, 0.717) is 22.5 Å². The van der Waals surface area contributed by atoms with Gasteiger partial charge in [-0.05, 0) is 85.5 Å². The molecule has 0 saturated carbocycles. The third-order valence-corrected chi connectivity index (χ3v) is 7.52. The largest absolute Gasteiger partial charge is 0.465 e. The predicted octanol–water partition coefficient (Wildman–Crippen LogP) is 7.75. The number of anilines is 2. The first-order chi connectivity index (χ1) is 22.6. The van der Waals surface area contributed by atoms with Crippen LogP contribution in [-0.4, -0.2) is 43.0 Å². The number of halogens is 3. The van der Waals surface area contributed by atoms with Gasteiger partial charge in [0.05, 0.1) is 29.6 Å². The summed E-state index contributed by atoms with van der Waals surface area (Å²) < 4.78 is 44.1. The highest BCUT2D eigenvalue weighted by Gasteiger charge is 2.30. The van der Waals surface area contributed by atoms with Crippen molar-refractivity contribution in [1.82, 2.24) is 10.3 Å². The quantitative estimate of drug-likeness (QED) is 0.190. The van der Waals surface area contributed by atoms with Gasteiger partial charge in [-0.3, -0.25) is 14.6 Å². The Bertz CT molecular complexity index is 1720. The molecule has 0 unspecified atom stereocenters. The van der Waals surface area contributed by atoms with E-state index in [0.717, 1.165) is 50.2 Å². The lowest BCUT2D eigenvalue weighted by Gasteiger charge is -2.29. The van der Waals surface area contributed by atoms with Crippen LogP contribution < -0.4 is 15.5 Å². The topological polar surface area (TPSA) is 101 Å². The van der Waals surface area contributed by atoms with Crippen molar-refractivity contribution in [3.63, 3.8) is 0 Å². The van der Waals surface area contributed by atoms with E-state index in [1.54, 1.807) is 30.3 Å². The number of esters is 1. The Balaban J connectivity index is 0.00000245. The van der Waals surface area contributed by atoms with Crippen LogP contribution in [0.1, 0.15) is 75.3 Å². The highest BCUT2D eigenvalue weighted by molar-refractivity contribution is 6.07. The summed E-state index contributed by atoms with van der Waals surface area (Å²) in [6.07, 6.45) is 0.253. The van der Waals surface area contributed by atoms with Crippen LogP contribution >= 0.6 is 0 Å². The monoisotopic (exact) mass is 646 g/mol. The molecule has 1 aliphatic heterocycles. The lowest BCUT2D eigenvalue weighted by atomic mass is 10.0. The van der Waals surface area contributed by atoms with E-state index in [1.807, 2.05) is 26.0 Å². The van der Waals surface area contributed by atoms with Gasteiger partial charge in [-0.1, -0.05) is 32.0 Å².